The van der Waals surface area contributed by atoms with Crippen molar-refractivity contribution in [2.45, 2.75) is 258 Å². The lowest BCUT2D eigenvalue weighted by atomic mass is 10.1. The standard InChI is InChI=1S/C73H114O6/c1-4-7-10-13-16-19-22-25-28-30-32-34-35-36-37-39-40-42-45-48-51-54-57-60-63-66-72(75)78-69-70(68-77-71(74)65-62-59-56-53-50-47-44-27-24-21-18-15-12-9-6-3)79-73(76)67-64-61-58-55-52-49-46-43-41-38-33-31-29-26-23-20-17-14-11-8-5-2/h7-12,16-21,25-29,32-34,36-38,40,42-44,46,70H,4-6,13-15,22-24,30-31,35,39,41,45,47-69H2,1-3H3/b10-7-,11-8-,12-9-,19-16-,20-17-,21-18-,28-25-,29-26-,34-32-,37-36-,38-33-,42-40-,44-27-,46-43-. The van der Waals surface area contributed by atoms with Crippen LogP contribution in [0.5, 0.6) is 0 Å². The summed E-state index contributed by atoms with van der Waals surface area (Å²) in [6.07, 6.45) is 96.3. The molecule has 0 saturated carbocycles. The van der Waals surface area contributed by atoms with E-state index in [2.05, 4.69) is 191 Å². The molecule has 0 aliphatic rings. The lowest BCUT2D eigenvalue weighted by Crippen LogP contribution is -2.30. The number of carbonyl (C=O) groups is 3. The van der Waals surface area contributed by atoms with Crippen molar-refractivity contribution < 1.29 is 28.6 Å². The van der Waals surface area contributed by atoms with E-state index in [1.807, 2.05) is 0 Å². The number of allylic oxidation sites excluding steroid dienone is 28. The molecule has 0 heterocycles. The highest BCUT2D eigenvalue weighted by molar-refractivity contribution is 5.71. The van der Waals surface area contributed by atoms with E-state index in [0.717, 1.165) is 199 Å². The number of hydrogen-bond donors (Lipinski definition) is 0. The molecule has 0 aromatic rings. The quantitative estimate of drug-likeness (QED) is 0.0261. The predicted octanol–water partition coefficient (Wildman–Crippen LogP) is 21.9. The van der Waals surface area contributed by atoms with E-state index in [1.165, 1.54) is 12.8 Å². The number of ether oxygens (including phenoxy) is 3. The summed E-state index contributed by atoms with van der Waals surface area (Å²) in [6, 6.07) is 0. The van der Waals surface area contributed by atoms with Gasteiger partial charge in [0.2, 0.25) is 0 Å². The Hall–Kier alpha value is -5.23. The van der Waals surface area contributed by atoms with E-state index >= 15 is 0 Å². The first-order chi connectivity index (χ1) is 39.0. The Bertz CT molecular complexity index is 1820. The van der Waals surface area contributed by atoms with Gasteiger partial charge in [-0.3, -0.25) is 14.4 Å². The molecule has 0 radical (unpaired) electrons. The molecule has 1 unspecified atom stereocenters. The topological polar surface area (TPSA) is 78.9 Å². The van der Waals surface area contributed by atoms with E-state index in [9.17, 15) is 14.4 Å². The zero-order valence-corrected chi connectivity index (χ0v) is 50.6. The maximum Gasteiger partial charge on any atom is 0.306 e. The number of unbranched alkanes of at least 4 members (excludes halogenated alkanes) is 16. The van der Waals surface area contributed by atoms with E-state index < -0.39 is 6.10 Å². The molecule has 6 nitrogen and oxygen atoms in total. The predicted molar refractivity (Wildman–Crippen MR) is 343 cm³/mol. The Balaban J connectivity index is 4.49. The van der Waals surface area contributed by atoms with Gasteiger partial charge in [0.05, 0.1) is 0 Å². The minimum absolute atomic E-state index is 0.108. The first-order valence-corrected chi connectivity index (χ1v) is 31.6. The van der Waals surface area contributed by atoms with Crippen LogP contribution < -0.4 is 0 Å². The van der Waals surface area contributed by atoms with Crippen molar-refractivity contribution in [3.05, 3.63) is 170 Å². The van der Waals surface area contributed by atoms with Gasteiger partial charge in [0, 0.05) is 19.3 Å². The highest BCUT2D eigenvalue weighted by atomic mass is 16.6. The molecule has 0 fully saturated rings. The van der Waals surface area contributed by atoms with Gasteiger partial charge in [-0.25, -0.2) is 0 Å². The molecular formula is C73H114O6. The maximum absolute atomic E-state index is 12.9. The highest BCUT2D eigenvalue weighted by Crippen LogP contribution is 2.14. The zero-order chi connectivity index (χ0) is 57.1. The molecular weight excluding hydrogens is 973 g/mol. The van der Waals surface area contributed by atoms with Crippen LogP contribution in [-0.2, 0) is 28.6 Å². The molecule has 0 aromatic heterocycles. The Kier molecular flexibility index (Phi) is 61.0. The maximum atomic E-state index is 12.9. The van der Waals surface area contributed by atoms with Gasteiger partial charge in [-0.2, -0.15) is 0 Å². The average molecular weight is 1090 g/mol. The number of esters is 3. The molecule has 0 bridgehead atoms. The van der Waals surface area contributed by atoms with Crippen molar-refractivity contribution in [2.24, 2.45) is 0 Å². The van der Waals surface area contributed by atoms with E-state index in [1.54, 1.807) is 0 Å². The summed E-state index contributed by atoms with van der Waals surface area (Å²) in [4.78, 5) is 38.3. The summed E-state index contributed by atoms with van der Waals surface area (Å²) in [7, 11) is 0. The largest absolute Gasteiger partial charge is 0.462 e. The third kappa shape index (κ3) is 63.5. The number of hydrogen-bond acceptors (Lipinski definition) is 6. The van der Waals surface area contributed by atoms with Gasteiger partial charge in [-0.05, 0) is 148 Å². The summed E-state index contributed by atoms with van der Waals surface area (Å²) in [6.45, 7) is 6.25. The molecule has 0 spiro atoms. The van der Waals surface area contributed by atoms with Gasteiger partial charge in [-0.15, -0.1) is 0 Å². The molecule has 0 rings (SSSR count). The van der Waals surface area contributed by atoms with Crippen molar-refractivity contribution in [3.8, 4) is 0 Å². The first-order valence-electron chi connectivity index (χ1n) is 31.6. The van der Waals surface area contributed by atoms with Crippen LogP contribution in [0.4, 0.5) is 0 Å². The van der Waals surface area contributed by atoms with Gasteiger partial charge in [-0.1, -0.05) is 255 Å². The fraction of sp³-hybridized carbons (Fsp3) is 0.575. The van der Waals surface area contributed by atoms with Gasteiger partial charge >= 0.3 is 17.9 Å². The van der Waals surface area contributed by atoms with Crippen molar-refractivity contribution in [2.75, 3.05) is 13.2 Å². The first kappa shape index (κ1) is 73.8. The van der Waals surface area contributed by atoms with Gasteiger partial charge in [0.15, 0.2) is 6.10 Å². The fourth-order valence-corrected chi connectivity index (χ4v) is 8.07. The third-order valence-corrected chi connectivity index (χ3v) is 12.7. The molecule has 0 saturated heterocycles. The van der Waals surface area contributed by atoms with Crippen LogP contribution in [-0.4, -0.2) is 37.2 Å². The molecule has 0 aromatic carbocycles. The SMILES string of the molecule is CC/C=C\C/C=C\C/C=C\C/C=C\C/C=C\C/C=C\CCCCCCCCC(=O)OCC(COC(=O)CCCCCCC/C=C\C/C=C\C/C=C\CC)OC(=O)CCCCCCC/C=C\C/C=C\C/C=C\C/C=C\C/C=C\CC. The van der Waals surface area contributed by atoms with Crippen LogP contribution in [0.25, 0.3) is 0 Å². The molecule has 0 N–H and O–H groups in total. The Morgan fingerprint density at radius 2 is 0.456 bits per heavy atom. The van der Waals surface area contributed by atoms with Crippen LogP contribution in [0.3, 0.4) is 0 Å². The Morgan fingerprint density at radius 1 is 0.253 bits per heavy atom. The second-order valence-electron chi connectivity index (χ2n) is 20.2. The molecule has 0 aliphatic carbocycles. The van der Waals surface area contributed by atoms with Crippen molar-refractivity contribution >= 4 is 17.9 Å². The minimum Gasteiger partial charge on any atom is -0.462 e. The fourth-order valence-electron chi connectivity index (χ4n) is 8.07. The third-order valence-electron chi connectivity index (χ3n) is 12.7. The van der Waals surface area contributed by atoms with E-state index in [0.29, 0.717) is 19.3 Å². The van der Waals surface area contributed by atoms with Crippen LogP contribution in [0.2, 0.25) is 0 Å². The molecule has 442 valence electrons. The normalized spacial score (nSPS) is 13.3. The number of carbonyl (C=O) groups excluding carboxylic acids is 3. The van der Waals surface area contributed by atoms with Gasteiger partial charge in [0.25, 0.3) is 0 Å². The summed E-state index contributed by atoms with van der Waals surface area (Å²) in [5, 5.41) is 0. The van der Waals surface area contributed by atoms with Gasteiger partial charge < -0.3 is 14.2 Å². The summed E-state index contributed by atoms with van der Waals surface area (Å²) < 4.78 is 16.9. The Labute approximate surface area is 485 Å². The lowest BCUT2D eigenvalue weighted by Gasteiger charge is -2.18. The number of rotatable bonds is 55. The van der Waals surface area contributed by atoms with Crippen molar-refractivity contribution in [1.29, 1.82) is 0 Å². The second-order valence-corrected chi connectivity index (χ2v) is 20.2. The summed E-state index contributed by atoms with van der Waals surface area (Å²) in [5.74, 6) is -0.962. The van der Waals surface area contributed by atoms with Crippen LogP contribution >= 0.6 is 0 Å². The van der Waals surface area contributed by atoms with Crippen molar-refractivity contribution in [3.63, 3.8) is 0 Å². The zero-order valence-electron chi connectivity index (χ0n) is 50.6. The minimum atomic E-state index is -0.813. The molecule has 0 amide bonds. The smallest absolute Gasteiger partial charge is 0.306 e. The van der Waals surface area contributed by atoms with Crippen LogP contribution in [0.1, 0.15) is 252 Å². The van der Waals surface area contributed by atoms with Crippen LogP contribution in [0, 0.1) is 0 Å². The highest BCUT2D eigenvalue weighted by Gasteiger charge is 2.19. The Morgan fingerprint density at radius 3 is 0.709 bits per heavy atom. The van der Waals surface area contributed by atoms with Gasteiger partial charge in [0.1, 0.15) is 13.2 Å². The lowest BCUT2D eigenvalue weighted by molar-refractivity contribution is -0.167. The van der Waals surface area contributed by atoms with Crippen molar-refractivity contribution in [1.82, 2.24) is 0 Å². The molecule has 79 heavy (non-hydrogen) atoms. The van der Waals surface area contributed by atoms with E-state index in [4.69, 9.17) is 14.2 Å². The molecule has 0 aliphatic heterocycles. The van der Waals surface area contributed by atoms with Crippen LogP contribution in [0.15, 0.2) is 170 Å². The molecule has 6 heteroatoms. The monoisotopic (exact) mass is 1090 g/mol. The summed E-state index contributed by atoms with van der Waals surface area (Å²) >= 11 is 0. The average Bonchev–Trinajstić information content (AvgIpc) is 3.45. The second kappa shape index (κ2) is 65.3. The molecule has 1 atom stereocenters. The van der Waals surface area contributed by atoms with E-state index in [-0.39, 0.29) is 31.1 Å². The summed E-state index contributed by atoms with van der Waals surface area (Å²) in [5.41, 5.74) is 0.